The van der Waals surface area contributed by atoms with E-state index < -0.39 is 11.8 Å². The van der Waals surface area contributed by atoms with Crippen LogP contribution in [0, 0.1) is 5.82 Å². The van der Waals surface area contributed by atoms with E-state index in [1.54, 1.807) is 48.3 Å². The molecule has 7 nitrogen and oxygen atoms in total. The summed E-state index contributed by atoms with van der Waals surface area (Å²) >= 11 is 3.21. The van der Waals surface area contributed by atoms with Gasteiger partial charge in [-0.15, -0.1) is 0 Å². The van der Waals surface area contributed by atoms with Crippen LogP contribution < -0.4 is 16.0 Å². The Labute approximate surface area is 169 Å². The van der Waals surface area contributed by atoms with Crippen LogP contribution in [0.3, 0.4) is 0 Å². The van der Waals surface area contributed by atoms with Gasteiger partial charge in [-0.25, -0.2) is 19.2 Å². The van der Waals surface area contributed by atoms with Gasteiger partial charge in [0.05, 0.1) is 24.0 Å². The Kier molecular flexibility index (Phi) is 5.74. The summed E-state index contributed by atoms with van der Waals surface area (Å²) in [5.74, 6) is -0.344. The summed E-state index contributed by atoms with van der Waals surface area (Å²) in [6, 6.07) is 11.5. The fourth-order valence-corrected chi connectivity index (χ4v) is 2.97. The van der Waals surface area contributed by atoms with Crippen molar-refractivity contribution in [2.24, 2.45) is 0 Å². The monoisotopic (exact) mass is 445 g/mol. The zero-order chi connectivity index (χ0) is 20.3. The molecule has 0 bridgehead atoms. The number of halogens is 2. The first-order valence-electron chi connectivity index (χ1n) is 8.16. The Bertz CT molecular complexity index is 1030. The van der Waals surface area contributed by atoms with Crippen molar-refractivity contribution in [1.82, 2.24) is 9.97 Å². The first-order valence-corrected chi connectivity index (χ1v) is 8.95. The average molecular weight is 446 g/mol. The molecule has 0 spiro atoms. The van der Waals surface area contributed by atoms with Gasteiger partial charge >= 0.3 is 5.97 Å². The lowest BCUT2D eigenvalue weighted by atomic mass is 10.1. The van der Waals surface area contributed by atoms with E-state index in [1.165, 1.54) is 19.5 Å². The van der Waals surface area contributed by atoms with E-state index in [2.05, 4.69) is 31.2 Å². The first kappa shape index (κ1) is 19.6. The number of hydrogen-bond acceptors (Lipinski definition) is 7. The third-order valence-corrected chi connectivity index (χ3v) is 4.53. The highest BCUT2D eigenvalue weighted by Gasteiger charge is 2.19. The van der Waals surface area contributed by atoms with Crippen LogP contribution in [0.4, 0.5) is 33.1 Å². The molecule has 0 aliphatic heterocycles. The summed E-state index contributed by atoms with van der Waals surface area (Å²) < 4.78 is 19.6. The molecular formula is C19H17BrFN5O2. The van der Waals surface area contributed by atoms with Crippen LogP contribution >= 0.6 is 15.9 Å². The molecule has 0 atom stereocenters. The minimum Gasteiger partial charge on any atom is -0.465 e. The molecule has 0 saturated heterocycles. The summed E-state index contributed by atoms with van der Waals surface area (Å²) in [6.45, 7) is 0. The number of aromatic nitrogens is 2. The SMILES string of the molecule is COC(=O)c1ccccc1N(C)c1ncnc(Nc2ccc(Br)cc2F)c1N. The number of para-hydroxylation sites is 1. The van der Waals surface area contributed by atoms with Gasteiger partial charge in [-0.05, 0) is 30.3 Å². The van der Waals surface area contributed by atoms with Crippen LogP contribution in [0.5, 0.6) is 0 Å². The van der Waals surface area contributed by atoms with Crippen molar-refractivity contribution < 1.29 is 13.9 Å². The second-order valence-corrected chi connectivity index (χ2v) is 6.69. The van der Waals surface area contributed by atoms with E-state index in [-0.39, 0.29) is 17.2 Å². The number of carbonyl (C=O) groups excluding carboxylic acids is 1. The van der Waals surface area contributed by atoms with Crippen molar-refractivity contribution in [3.63, 3.8) is 0 Å². The molecule has 0 unspecified atom stereocenters. The van der Waals surface area contributed by atoms with Crippen molar-refractivity contribution in [1.29, 1.82) is 0 Å². The van der Waals surface area contributed by atoms with Gasteiger partial charge in [0.1, 0.15) is 17.8 Å². The zero-order valence-corrected chi connectivity index (χ0v) is 16.7. The Morgan fingerprint density at radius 2 is 2.00 bits per heavy atom. The van der Waals surface area contributed by atoms with Crippen molar-refractivity contribution in [3.8, 4) is 0 Å². The Balaban J connectivity index is 1.98. The summed E-state index contributed by atoms with van der Waals surface area (Å²) in [4.78, 5) is 22.0. The third kappa shape index (κ3) is 3.89. The second kappa shape index (κ2) is 8.22. The number of rotatable bonds is 5. The summed E-state index contributed by atoms with van der Waals surface area (Å²) in [7, 11) is 3.03. The van der Waals surface area contributed by atoms with Gasteiger partial charge in [0, 0.05) is 11.5 Å². The molecule has 28 heavy (non-hydrogen) atoms. The standard InChI is InChI=1S/C19H17BrFN5O2/c1-26(15-6-4-3-5-12(15)19(27)28-2)18-16(22)17(23-10-24-18)25-14-8-7-11(20)9-13(14)21/h3-10H,22H2,1-2H3,(H,23,24,25). The lowest BCUT2D eigenvalue weighted by molar-refractivity contribution is 0.0601. The van der Waals surface area contributed by atoms with E-state index in [4.69, 9.17) is 10.5 Å². The Morgan fingerprint density at radius 1 is 1.25 bits per heavy atom. The molecular weight excluding hydrogens is 429 g/mol. The molecule has 144 valence electrons. The Hall–Kier alpha value is -3.20. The number of nitrogen functional groups attached to an aromatic ring is 1. The minimum absolute atomic E-state index is 0.201. The highest BCUT2D eigenvalue weighted by molar-refractivity contribution is 9.10. The Morgan fingerprint density at radius 3 is 2.71 bits per heavy atom. The number of hydrogen-bond donors (Lipinski definition) is 2. The van der Waals surface area contributed by atoms with E-state index in [1.807, 2.05) is 0 Å². The normalized spacial score (nSPS) is 10.4. The highest BCUT2D eigenvalue weighted by atomic mass is 79.9. The predicted octanol–water partition coefficient (Wildman–Crippen LogP) is 4.26. The molecule has 0 aliphatic rings. The molecule has 3 aromatic rings. The van der Waals surface area contributed by atoms with E-state index >= 15 is 0 Å². The number of nitrogens with zero attached hydrogens (tertiary/aromatic N) is 3. The molecule has 3 rings (SSSR count). The van der Waals surface area contributed by atoms with Gasteiger partial charge in [0.2, 0.25) is 0 Å². The fourth-order valence-electron chi connectivity index (χ4n) is 2.63. The number of methoxy groups -OCH3 is 1. The smallest absolute Gasteiger partial charge is 0.339 e. The van der Waals surface area contributed by atoms with Crippen molar-refractivity contribution in [2.75, 3.05) is 30.1 Å². The number of anilines is 5. The molecule has 1 aromatic heterocycles. The topological polar surface area (TPSA) is 93.4 Å². The maximum absolute atomic E-state index is 14.1. The van der Waals surface area contributed by atoms with Gasteiger partial charge in [-0.3, -0.25) is 0 Å². The molecule has 3 N–H and O–H groups in total. The van der Waals surface area contributed by atoms with Crippen LogP contribution in [-0.4, -0.2) is 30.1 Å². The molecule has 1 heterocycles. The molecule has 0 radical (unpaired) electrons. The number of carbonyl (C=O) groups is 1. The van der Waals surface area contributed by atoms with Gasteiger partial charge in [0.15, 0.2) is 11.6 Å². The minimum atomic E-state index is -0.481. The quantitative estimate of drug-likeness (QED) is 0.566. The summed E-state index contributed by atoms with van der Waals surface area (Å²) in [5, 5.41) is 2.87. The summed E-state index contributed by atoms with van der Waals surface area (Å²) in [6.07, 6.45) is 1.31. The van der Waals surface area contributed by atoms with Crippen LogP contribution in [-0.2, 0) is 4.74 Å². The third-order valence-electron chi connectivity index (χ3n) is 4.04. The maximum Gasteiger partial charge on any atom is 0.339 e. The highest BCUT2D eigenvalue weighted by Crippen LogP contribution is 2.34. The van der Waals surface area contributed by atoms with Gasteiger partial charge in [0.25, 0.3) is 0 Å². The van der Waals surface area contributed by atoms with Crippen molar-refractivity contribution in [3.05, 3.63) is 64.6 Å². The molecule has 9 heteroatoms. The van der Waals surface area contributed by atoms with E-state index in [0.717, 1.165) is 0 Å². The van der Waals surface area contributed by atoms with Gasteiger partial charge in [-0.2, -0.15) is 0 Å². The zero-order valence-electron chi connectivity index (χ0n) is 15.1. The van der Waals surface area contributed by atoms with E-state index in [9.17, 15) is 9.18 Å². The van der Waals surface area contributed by atoms with Crippen molar-refractivity contribution in [2.45, 2.75) is 0 Å². The second-order valence-electron chi connectivity index (χ2n) is 5.78. The first-order chi connectivity index (χ1) is 13.4. The fraction of sp³-hybridized carbons (Fsp3) is 0.105. The van der Waals surface area contributed by atoms with Crippen LogP contribution in [0.2, 0.25) is 0 Å². The number of ether oxygens (including phenoxy) is 1. The van der Waals surface area contributed by atoms with Crippen molar-refractivity contribution >= 4 is 50.6 Å². The van der Waals surface area contributed by atoms with Crippen LogP contribution in [0.1, 0.15) is 10.4 Å². The lowest BCUT2D eigenvalue weighted by Gasteiger charge is -2.23. The molecule has 0 amide bonds. The predicted molar refractivity (Wildman–Crippen MR) is 110 cm³/mol. The lowest BCUT2D eigenvalue weighted by Crippen LogP contribution is -2.18. The number of nitrogens with two attached hydrogens (primary N) is 1. The largest absolute Gasteiger partial charge is 0.465 e. The van der Waals surface area contributed by atoms with E-state index in [0.29, 0.717) is 21.5 Å². The number of nitrogens with one attached hydrogen (secondary N) is 1. The van der Waals surface area contributed by atoms with Crippen LogP contribution in [0.15, 0.2) is 53.3 Å². The van der Waals surface area contributed by atoms with Crippen LogP contribution in [0.25, 0.3) is 0 Å². The molecule has 0 fully saturated rings. The summed E-state index contributed by atoms with van der Waals surface area (Å²) in [5.41, 5.74) is 7.57. The molecule has 2 aromatic carbocycles. The maximum atomic E-state index is 14.1. The van der Waals surface area contributed by atoms with Gasteiger partial charge < -0.3 is 20.7 Å². The van der Waals surface area contributed by atoms with Gasteiger partial charge in [-0.1, -0.05) is 28.1 Å². The average Bonchev–Trinajstić information content (AvgIpc) is 2.70. The number of esters is 1. The molecule has 0 saturated carbocycles. The molecule has 0 aliphatic carbocycles. The number of benzene rings is 2.